The molecule has 0 N–H and O–H groups in total. The molecule has 0 aliphatic carbocycles. The van der Waals surface area contributed by atoms with Gasteiger partial charge < -0.3 is 8.92 Å². The van der Waals surface area contributed by atoms with Crippen LogP contribution in [0.4, 0.5) is 0 Å². The second-order valence-corrected chi connectivity index (χ2v) is 6.68. The number of hydrogen-bond donors (Lipinski definition) is 0. The maximum atomic E-state index is 5.87. The molecule has 0 aromatic heterocycles. The number of methoxy groups -OCH3 is 1. The third-order valence-electron chi connectivity index (χ3n) is 4.20. The maximum absolute atomic E-state index is 5.87. The van der Waals surface area contributed by atoms with Crippen molar-refractivity contribution in [2.24, 2.45) is 0 Å². The highest BCUT2D eigenvalue weighted by atomic mass is 32.2. The van der Waals surface area contributed by atoms with Crippen LogP contribution in [-0.2, 0) is 4.18 Å². The monoisotopic (exact) mass is 358 g/mol. The molecule has 4 rings (SSSR count). The van der Waals surface area contributed by atoms with Gasteiger partial charge in [-0.2, -0.15) is 0 Å². The van der Waals surface area contributed by atoms with Crippen molar-refractivity contribution in [1.82, 2.24) is 0 Å². The molecule has 0 bridgehead atoms. The lowest BCUT2D eigenvalue weighted by atomic mass is 10.0. The van der Waals surface area contributed by atoms with Crippen molar-refractivity contribution in [2.75, 3.05) is 7.11 Å². The summed E-state index contributed by atoms with van der Waals surface area (Å²) in [6.45, 7) is 0. The summed E-state index contributed by atoms with van der Waals surface area (Å²) in [5, 5.41) is 2.34. The number of benzene rings is 3. The van der Waals surface area contributed by atoms with Gasteiger partial charge in [0.2, 0.25) is 0 Å². The van der Waals surface area contributed by atoms with E-state index in [1.165, 1.54) is 17.4 Å². The first-order chi connectivity index (χ1) is 12.8. The predicted octanol–water partition coefficient (Wildman–Crippen LogP) is 6.47. The van der Waals surface area contributed by atoms with Crippen molar-refractivity contribution in [3.63, 3.8) is 0 Å². The fourth-order valence-electron chi connectivity index (χ4n) is 2.87. The second kappa shape index (κ2) is 7.54. The summed E-state index contributed by atoms with van der Waals surface area (Å²) >= 11 is 1.38. The Hall–Kier alpha value is -2.91. The van der Waals surface area contributed by atoms with E-state index in [-0.39, 0.29) is 0 Å². The molecule has 0 saturated heterocycles. The molecule has 26 heavy (non-hydrogen) atoms. The van der Waals surface area contributed by atoms with Crippen molar-refractivity contribution in [1.29, 1.82) is 0 Å². The fraction of sp³-hybridized carbons (Fsp3) is 0.0435. The van der Waals surface area contributed by atoms with Crippen LogP contribution in [0.15, 0.2) is 90.7 Å². The first-order valence-electron chi connectivity index (χ1n) is 8.40. The Kier molecular flexibility index (Phi) is 4.80. The Bertz CT molecular complexity index is 1020. The van der Waals surface area contributed by atoms with Gasteiger partial charge in [0.1, 0.15) is 11.5 Å². The molecule has 0 saturated carbocycles. The zero-order chi connectivity index (χ0) is 17.8. The van der Waals surface area contributed by atoms with E-state index in [1.54, 1.807) is 7.11 Å². The number of allylic oxidation sites excluding steroid dienone is 3. The summed E-state index contributed by atoms with van der Waals surface area (Å²) in [6.07, 6.45) is 8.13. The van der Waals surface area contributed by atoms with Crippen LogP contribution in [0.1, 0.15) is 11.1 Å². The minimum Gasteiger partial charge on any atom is -0.497 e. The molecule has 0 amide bonds. The van der Waals surface area contributed by atoms with E-state index in [0.29, 0.717) is 0 Å². The SMILES string of the molecule is COc1cc(C2=CC=C(C=Cc3ccccc3)OS2)c2ccccc2c1. The summed E-state index contributed by atoms with van der Waals surface area (Å²) in [5.41, 5.74) is 2.27. The summed E-state index contributed by atoms with van der Waals surface area (Å²) < 4.78 is 11.3. The van der Waals surface area contributed by atoms with Crippen molar-refractivity contribution in [3.8, 4) is 5.75 Å². The molecule has 0 fully saturated rings. The Labute approximate surface area is 157 Å². The molecular formula is C23H18O2S. The van der Waals surface area contributed by atoms with E-state index >= 15 is 0 Å². The molecular weight excluding hydrogens is 340 g/mol. The van der Waals surface area contributed by atoms with Crippen LogP contribution >= 0.6 is 12.0 Å². The summed E-state index contributed by atoms with van der Waals surface area (Å²) in [7, 11) is 1.69. The van der Waals surface area contributed by atoms with Crippen LogP contribution in [0.2, 0.25) is 0 Å². The van der Waals surface area contributed by atoms with Crippen molar-refractivity contribution in [2.45, 2.75) is 0 Å². The van der Waals surface area contributed by atoms with Crippen LogP contribution in [-0.4, -0.2) is 7.11 Å². The second-order valence-electron chi connectivity index (χ2n) is 5.91. The van der Waals surface area contributed by atoms with Crippen LogP contribution < -0.4 is 4.74 Å². The van der Waals surface area contributed by atoms with E-state index in [9.17, 15) is 0 Å². The normalized spacial score (nSPS) is 14.0. The average molecular weight is 358 g/mol. The van der Waals surface area contributed by atoms with Crippen molar-refractivity contribution >= 4 is 33.8 Å². The zero-order valence-corrected chi connectivity index (χ0v) is 15.2. The Morgan fingerprint density at radius 2 is 1.69 bits per heavy atom. The van der Waals surface area contributed by atoms with Gasteiger partial charge >= 0.3 is 0 Å². The average Bonchev–Trinajstić information content (AvgIpc) is 2.72. The largest absolute Gasteiger partial charge is 0.497 e. The summed E-state index contributed by atoms with van der Waals surface area (Å²) in [4.78, 5) is 1.07. The molecule has 3 aromatic rings. The smallest absolute Gasteiger partial charge is 0.137 e. The minimum absolute atomic E-state index is 0.829. The van der Waals surface area contributed by atoms with E-state index in [2.05, 4.69) is 48.5 Å². The third-order valence-corrected chi connectivity index (χ3v) is 5.01. The number of hydrogen-bond acceptors (Lipinski definition) is 3. The van der Waals surface area contributed by atoms with Gasteiger partial charge in [-0.25, -0.2) is 0 Å². The molecule has 0 radical (unpaired) electrons. The molecule has 1 aliphatic rings. The quantitative estimate of drug-likeness (QED) is 0.498. The Morgan fingerprint density at radius 3 is 2.46 bits per heavy atom. The number of ether oxygens (including phenoxy) is 1. The number of fused-ring (bicyclic) bond motifs is 1. The molecule has 0 spiro atoms. The van der Waals surface area contributed by atoms with Gasteiger partial charge in [0.05, 0.1) is 24.1 Å². The zero-order valence-electron chi connectivity index (χ0n) is 14.4. The summed E-state index contributed by atoms with van der Waals surface area (Å²) in [5.74, 6) is 1.67. The van der Waals surface area contributed by atoms with Gasteiger partial charge in [0.15, 0.2) is 0 Å². The molecule has 2 nitrogen and oxygen atoms in total. The van der Waals surface area contributed by atoms with Gasteiger partial charge in [0.25, 0.3) is 0 Å². The Balaban J connectivity index is 1.66. The lowest BCUT2D eigenvalue weighted by Crippen LogP contribution is -1.92. The summed E-state index contributed by atoms with van der Waals surface area (Å²) in [6, 6.07) is 22.6. The van der Waals surface area contributed by atoms with Gasteiger partial charge in [0, 0.05) is 5.56 Å². The van der Waals surface area contributed by atoms with Gasteiger partial charge in [-0.05, 0) is 46.7 Å². The molecule has 0 atom stereocenters. The predicted molar refractivity (Wildman–Crippen MR) is 111 cm³/mol. The van der Waals surface area contributed by atoms with Crippen LogP contribution in [0.25, 0.3) is 21.8 Å². The highest BCUT2D eigenvalue weighted by Gasteiger charge is 2.14. The molecule has 1 aliphatic heterocycles. The molecule has 3 aromatic carbocycles. The van der Waals surface area contributed by atoms with E-state index in [4.69, 9.17) is 8.92 Å². The molecule has 3 heteroatoms. The van der Waals surface area contributed by atoms with E-state index < -0.39 is 0 Å². The van der Waals surface area contributed by atoms with Crippen molar-refractivity contribution < 1.29 is 8.92 Å². The fourth-order valence-corrected chi connectivity index (χ4v) is 3.55. The van der Waals surface area contributed by atoms with Crippen molar-refractivity contribution in [3.05, 3.63) is 102 Å². The highest BCUT2D eigenvalue weighted by molar-refractivity contribution is 8.04. The molecule has 1 heterocycles. The topological polar surface area (TPSA) is 18.5 Å². The van der Waals surface area contributed by atoms with Crippen LogP contribution in [0.5, 0.6) is 5.75 Å². The standard InChI is InChI=1S/C23H18O2S/c1-24-20-15-18-9-5-6-10-21(18)22(16-20)23-14-13-19(25-26-23)12-11-17-7-3-2-4-8-17/h2-16H,1H3. The van der Waals surface area contributed by atoms with Gasteiger partial charge in [-0.1, -0.05) is 60.7 Å². The lowest BCUT2D eigenvalue weighted by Gasteiger charge is -2.15. The Morgan fingerprint density at radius 1 is 0.885 bits per heavy atom. The first-order valence-corrected chi connectivity index (χ1v) is 9.14. The first kappa shape index (κ1) is 16.6. The van der Waals surface area contributed by atoms with Gasteiger partial charge in [-0.3, -0.25) is 0 Å². The van der Waals surface area contributed by atoms with Crippen LogP contribution in [0.3, 0.4) is 0 Å². The van der Waals surface area contributed by atoms with E-state index in [0.717, 1.165) is 32.9 Å². The lowest BCUT2D eigenvalue weighted by molar-refractivity contribution is 0.415. The van der Waals surface area contributed by atoms with Gasteiger partial charge in [-0.15, -0.1) is 0 Å². The number of rotatable bonds is 4. The highest BCUT2D eigenvalue weighted by Crippen LogP contribution is 2.39. The van der Waals surface area contributed by atoms with E-state index in [1.807, 2.05) is 42.5 Å². The maximum Gasteiger partial charge on any atom is 0.137 e. The molecule has 0 unspecified atom stereocenters. The third kappa shape index (κ3) is 3.53. The minimum atomic E-state index is 0.829. The van der Waals surface area contributed by atoms with Crippen LogP contribution in [0, 0.1) is 0 Å². The molecule has 128 valence electrons.